The quantitative estimate of drug-likeness (QED) is 0.397. The van der Waals surface area contributed by atoms with Crippen LogP contribution in [0.1, 0.15) is 41.9 Å². The maximum absolute atomic E-state index is 12.9. The number of furan rings is 1. The first-order chi connectivity index (χ1) is 15.5. The molecule has 0 saturated carbocycles. The predicted molar refractivity (Wildman–Crippen MR) is 114 cm³/mol. The van der Waals surface area contributed by atoms with Gasteiger partial charge in [-0.05, 0) is 61.4 Å². The summed E-state index contributed by atoms with van der Waals surface area (Å²) in [7, 11) is -4.51. The van der Waals surface area contributed by atoms with E-state index in [9.17, 15) is 26.4 Å². The van der Waals surface area contributed by atoms with Gasteiger partial charge in [0, 0.05) is 12.6 Å². The topological polar surface area (TPSA) is 76.8 Å². The van der Waals surface area contributed by atoms with Crippen molar-refractivity contribution in [1.82, 2.24) is 4.90 Å². The SMILES string of the molecule is CC[C@@H](C)N(Cc1cccc(OS(=O)(=O)c2cccc(C(F)(F)F)c2)c1)C(=O)c1ccco1. The Bertz CT molecular complexity index is 1210. The lowest BCUT2D eigenvalue weighted by atomic mass is 10.1. The summed E-state index contributed by atoms with van der Waals surface area (Å²) in [6.45, 7) is 3.95. The molecule has 3 aromatic rings. The smallest absolute Gasteiger partial charge is 0.416 e. The number of carbonyl (C=O) groups is 1. The summed E-state index contributed by atoms with van der Waals surface area (Å²) in [5, 5.41) is 0. The summed E-state index contributed by atoms with van der Waals surface area (Å²) in [6.07, 6.45) is -2.62. The highest BCUT2D eigenvalue weighted by atomic mass is 32.2. The third kappa shape index (κ3) is 5.95. The minimum absolute atomic E-state index is 0.0838. The molecular weight excluding hydrogens is 459 g/mol. The Morgan fingerprint density at radius 1 is 1.09 bits per heavy atom. The number of amides is 1. The van der Waals surface area contributed by atoms with Crippen molar-refractivity contribution in [3.05, 3.63) is 83.8 Å². The summed E-state index contributed by atoms with van der Waals surface area (Å²) >= 11 is 0. The van der Waals surface area contributed by atoms with Crippen LogP contribution >= 0.6 is 0 Å². The van der Waals surface area contributed by atoms with Crippen LogP contribution < -0.4 is 4.18 Å². The molecule has 0 aliphatic rings. The fourth-order valence-electron chi connectivity index (χ4n) is 3.09. The molecule has 2 aromatic carbocycles. The van der Waals surface area contributed by atoms with Crippen LogP contribution in [0.15, 0.2) is 76.2 Å². The van der Waals surface area contributed by atoms with E-state index in [0.29, 0.717) is 18.1 Å². The van der Waals surface area contributed by atoms with Crippen LogP contribution in [0.25, 0.3) is 0 Å². The van der Waals surface area contributed by atoms with Crippen molar-refractivity contribution in [3.8, 4) is 5.75 Å². The second kappa shape index (κ2) is 9.70. The average Bonchev–Trinajstić information content (AvgIpc) is 3.31. The molecule has 0 aliphatic heterocycles. The van der Waals surface area contributed by atoms with Gasteiger partial charge in [0.15, 0.2) is 5.76 Å². The fourth-order valence-corrected chi connectivity index (χ4v) is 4.05. The monoisotopic (exact) mass is 481 g/mol. The molecule has 3 rings (SSSR count). The van der Waals surface area contributed by atoms with Crippen LogP contribution in [0.4, 0.5) is 13.2 Å². The second-order valence-corrected chi connectivity index (χ2v) is 8.92. The minimum atomic E-state index is -4.69. The number of hydrogen-bond acceptors (Lipinski definition) is 5. The van der Waals surface area contributed by atoms with E-state index in [1.54, 1.807) is 29.2 Å². The number of halogens is 3. The van der Waals surface area contributed by atoms with E-state index in [0.717, 1.165) is 18.2 Å². The number of hydrogen-bond donors (Lipinski definition) is 0. The molecule has 6 nitrogen and oxygen atoms in total. The third-order valence-electron chi connectivity index (χ3n) is 5.02. The van der Waals surface area contributed by atoms with Crippen molar-refractivity contribution in [2.45, 2.75) is 43.9 Å². The summed E-state index contributed by atoms with van der Waals surface area (Å²) in [4.78, 5) is 13.8. The van der Waals surface area contributed by atoms with Gasteiger partial charge in [0.2, 0.25) is 0 Å². The van der Waals surface area contributed by atoms with Crippen LogP contribution in [0, 0.1) is 0 Å². The van der Waals surface area contributed by atoms with Gasteiger partial charge in [-0.2, -0.15) is 21.6 Å². The molecule has 0 bridgehead atoms. The van der Waals surface area contributed by atoms with Crippen molar-refractivity contribution >= 4 is 16.0 Å². The molecule has 10 heteroatoms. The van der Waals surface area contributed by atoms with Crippen molar-refractivity contribution in [3.63, 3.8) is 0 Å². The molecule has 0 radical (unpaired) electrons. The summed E-state index contributed by atoms with van der Waals surface area (Å²) in [5.41, 5.74) is -0.520. The predicted octanol–water partition coefficient (Wildman–Crippen LogP) is 5.51. The van der Waals surface area contributed by atoms with Gasteiger partial charge in [0.25, 0.3) is 5.91 Å². The normalized spacial score (nSPS) is 12.9. The van der Waals surface area contributed by atoms with Gasteiger partial charge in [-0.1, -0.05) is 25.1 Å². The minimum Gasteiger partial charge on any atom is -0.459 e. The van der Waals surface area contributed by atoms with Crippen molar-refractivity contribution < 1.29 is 35.0 Å². The number of carbonyl (C=O) groups excluding carboxylic acids is 1. The Morgan fingerprint density at radius 2 is 1.82 bits per heavy atom. The van der Waals surface area contributed by atoms with Crippen molar-refractivity contribution in [2.75, 3.05) is 0 Å². The number of alkyl halides is 3. The van der Waals surface area contributed by atoms with Gasteiger partial charge in [0.05, 0.1) is 11.8 Å². The number of nitrogens with zero attached hydrogens (tertiary/aromatic N) is 1. The lowest BCUT2D eigenvalue weighted by Crippen LogP contribution is -2.37. The first kappa shape index (κ1) is 24.4. The van der Waals surface area contributed by atoms with E-state index in [1.165, 1.54) is 18.4 Å². The highest BCUT2D eigenvalue weighted by Gasteiger charge is 2.32. The molecule has 0 N–H and O–H groups in total. The fraction of sp³-hybridized carbons (Fsp3) is 0.261. The van der Waals surface area contributed by atoms with Gasteiger partial charge >= 0.3 is 16.3 Å². The molecule has 0 spiro atoms. The Balaban J connectivity index is 1.83. The molecule has 33 heavy (non-hydrogen) atoms. The molecule has 0 unspecified atom stereocenters. The maximum atomic E-state index is 12.9. The van der Waals surface area contributed by atoms with Crippen LogP contribution in [-0.4, -0.2) is 25.3 Å². The summed E-state index contributed by atoms with van der Waals surface area (Å²) < 4.78 is 74.3. The second-order valence-electron chi connectivity index (χ2n) is 7.38. The lowest BCUT2D eigenvalue weighted by Gasteiger charge is -2.28. The van der Waals surface area contributed by atoms with E-state index in [4.69, 9.17) is 8.60 Å². The molecular formula is C23H22F3NO5S. The largest absolute Gasteiger partial charge is 0.459 e. The molecule has 1 amide bonds. The molecule has 1 aromatic heterocycles. The Morgan fingerprint density at radius 3 is 2.45 bits per heavy atom. The Labute approximate surface area is 189 Å². The van der Waals surface area contributed by atoms with E-state index in [1.807, 2.05) is 13.8 Å². The zero-order chi connectivity index (χ0) is 24.2. The van der Waals surface area contributed by atoms with E-state index < -0.39 is 26.8 Å². The number of benzene rings is 2. The first-order valence-corrected chi connectivity index (χ1v) is 11.5. The Kier molecular flexibility index (Phi) is 7.16. The lowest BCUT2D eigenvalue weighted by molar-refractivity contribution is -0.137. The van der Waals surface area contributed by atoms with E-state index >= 15 is 0 Å². The zero-order valence-electron chi connectivity index (χ0n) is 17.9. The van der Waals surface area contributed by atoms with Gasteiger partial charge < -0.3 is 13.5 Å². The van der Waals surface area contributed by atoms with Crippen LogP contribution in [0.2, 0.25) is 0 Å². The highest BCUT2D eigenvalue weighted by Crippen LogP contribution is 2.31. The summed E-state index contributed by atoms with van der Waals surface area (Å²) in [6, 6.07) is 12.4. The Hall–Kier alpha value is -3.27. The van der Waals surface area contributed by atoms with Crippen molar-refractivity contribution in [1.29, 1.82) is 0 Å². The standard InChI is InChI=1S/C23H22F3NO5S/c1-3-16(2)27(22(28)21-11-6-12-31-21)15-17-7-4-9-19(13-17)32-33(29,30)20-10-5-8-18(14-20)23(24,25)26/h4-14,16H,3,15H2,1-2H3/t16-/m1/s1. The van der Waals surface area contributed by atoms with Crippen LogP contribution in [-0.2, 0) is 22.8 Å². The van der Waals surface area contributed by atoms with Gasteiger partial charge in [-0.25, -0.2) is 0 Å². The van der Waals surface area contributed by atoms with E-state index in [2.05, 4.69) is 0 Å². The average molecular weight is 481 g/mol. The zero-order valence-corrected chi connectivity index (χ0v) is 18.7. The first-order valence-electron chi connectivity index (χ1n) is 10.1. The number of rotatable bonds is 8. The third-order valence-corrected chi connectivity index (χ3v) is 6.27. The molecule has 0 saturated heterocycles. The van der Waals surface area contributed by atoms with Gasteiger partial charge in [-0.3, -0.25) is 4.79 Å². The molecule has 0 aliphatic carbocycles. The maximum Gasteiger partial charge on any atom is 0.416 e. The van der Waals surface area contributed by atoms with Crippen molar-refractivity contribution in [2.24, 2.45) is 0 Å². The summed E-state index contributed by atoms with van der Waals surface area (Å²) in [5.74, 6) is -0.230. The molecule has 1 atom stereocenters. The molecule has 1 heterocycles. The van der Waals surface area contributed by atoms with Crippen LogP contribution in [0.3, 0.4) is 0 Å². The molecule has 0 fully saturated rings. The van der Waals surface area contributed by atoms with Gasteiger partial charge in [-0.15, -0.1) is 0 Å². The van der Waals surface area contributed by atoms with E-state index in [-0.39, 0.29) is 30.0 Å². The van der Waals surface area contributed by atoms with Gasteiger partial charge in [0.1, 0.15) is 10.6 Å². The highest BCUT2D eigenvalue weighted by molar-refractivity contribution is 7.87. The molecule has 176 valence electrons. The van der Waals surface area contributed by atoms with Crippen LogP contribution in [0.5, 0.6) is 5.75 Å².